The number of hydrogen-bond donors (Lipinski definition) is 0. The predicted molar refractivity (Wildman–Crippen MR) is 88.5 cm³/mol. The molecule has 1 fully saturated rings. The summed E-state index contributed by atoms with van der Waals surface area (Å²) in [5, 5.41) is 0. The number of aryl methyl sites for hydroxylation is 1. The van der Waals surface area contributed by atoms with E-state index in [0.29, 0.717) is 23.7 Å². The standard InChI is InChI=1S/C14H15ClFN3O3S2/c1-2-10-13(16)14(18-8-17-10)22-9-5-6-19(7-9)24(20,21)12-4-3-11(15)23-12/h3-4,8-9H,2,5-7H2,1H3. The molecule has 1 saturated heterocycles. The van der Waals surface area contributed by atoms with Crippen LogP contribution in [0.1, 0.15) is 19.0 Å². The summed E-state index contributed by atoms with van der Waals surface area (Å²) in [6.07, 6.45) is 1.68. The number of thiophene rings is 1. The molecule has 1 aliphatic heterocycles. The number of ether oxygens (including phenoxy) is 1. The number of rotatable bonds is 5. The Kier molecular flexibility index (Phi) is 5.05. The first-order valence-corrected chi connectivity index (χ1v) is 9.96. The Hall–Kier alpha value is -1.29. The Morgan fingerprint density at radius 3 is 2.92 bits per heavy atom. The lowest BCUT2D eigenvalue weighted by Crippen LogP contribution is -2.30. The number of hydrogen-bond acceptors (Lipinski definition) is 6. The maximum atomic E-state index is 14.1. The number of nitrogens with zero attached hydrogens (tertiary/aromatic N) is 3. The van der Waals surface area contributed by atoms with E-state index in [1.54, 1.807) is 13.0 Å². The fourth-order valence-corrected chi connectivity index (χ4v) is 5.57. The highest BCUT2D eigenvalue weighted by Gasteiger charge is 2.35. The van der Waals surface area contributed by atoms with Crippen LogP contribution in [0, 0.1) is 5.82 Å². The van der Waals surface area contributed by atoms with Crippen molar-refractivity contribution in [3.63, 3.8) is 0 Å². The number of halogens is 2. The van der Waals surface area contributed by atoms with E-state index in [0.717, 1.165) is 11.3 Å². The molecule has 3 heterocycles. The molecule has 0 saturated carbocycles. The molecule has 3 rings (SSSR count). The van der Waals surface area contributed by atoms with E-state index in [1.165, 1.54) is 16.7 Å². The molecule has 2 aromatic rings. The van der Waals surface area contributed by atoms with Crippen LogP contribution in [-0.4, -0.2) is 41.9 Å². The van der Waals surface area contributed by atoms with Gasteiger partial charge in [-0.2, -0.15) is 13.7 Å². The van der Waals surface area contributed by atoms with Crippen LogP contribution in [0.4, 0.5) is 4.39 Å². The highest BCUT2D eigenvalue weighted by Crippen LogP contribution is 2.30. The van der Waals surface area contributed by atoms with E-state index in [9.17, 15) is 12.8 Å². The van der Waals surface area contributed by atoms with Gasteiger partial charge in [-0.1, -0.05) is 18.5 Å². The van der Waals surface area contributed by atoms with Gasteiger partial charge in [0, 0.05) is 6.54 Å². The average molecular weight is 392 g/mol. The number of aromatic nitrogens is 2. The Balaban J connectivity index is 1.72. The molecule has 6 nitrogen and oxygen atoms in total. The van der Waals surface area contributed by atoms with Gasteiger partial charge < -0.3 is 4.74 Å². The smallest absolute Gasteiger partial charge is 0.254 e. The van der Waals surface area contributed by atoms with Gasteiger partial charge in [0.25, 0.3) is 15.9 Å². The molecule has 0 aliphatic carbocycles. The lowest BCUT2D eigenvalue weighted by molar-refractivity contribution is 0.195. The quantitative estimate of drug-likeness (QED) is 0.783. The second-order valence-electron chi connectivity index (χ2n) is 5.24. The summed E-state index contributed by atoms with van der Waals surface area (Å²) in [5.74, 6) is -0.725. The van der Waals surface area contributed by atoms with Crippen LogP contribution in [0.15, 0.2) is 22.7 Å². The van der Waals surface area contributed by atoms with Crippen molar-refractivity contribution < 1.29 is 17.5 Å². The van der Waals surface area contributed by atoms with Gasteiger partial charge in [-0.25, -0.2) is 13.4 Å². The monoisotopic (exact) mass is 391 g/mol. The lowest BCUT2D eigenvalue weighted by atomic mass is 10.3. The zero-order valence-electron chi connectivity index (χ0n) is 12.8. The second kappa shape index (κ2) is 6.91. The zero-order valence-corrected chi connectivity index (χ0v) is 15.2. The third-order valence-electron chi connectivity index (χ3n) is 3.69. The van der Waals surface area contributed by atoms with E-state index in [1.807, 2.05) is 0 Å². The summed E-state index contributed by atoms with van der Waals surface area (Å²) in [4.78, 5) is 7.65. The van der Waals surface area contributed by atoms with E-state index >= 15 is 0 Å². The predicted octanol–water partition coefficient (Wildman–Crippen LogP) is 2.74. The van der Waals surface area contributed by atoms with Crippen LogP contribution in [0.25, 0.3) is 0 Å². The summed E-state index contributed by atoms with van der Waals surface area (Å²) in [6.45, 7) is 2.23. The number of sulfonamides is 1. The third-order valence-corrected chi connectivity index (χ3v) is 7.26. The summed E-state index contributed by atoms with van der Waals surface area (Å²) >= 11 is 6.82. The van der Waals surface area contributed by atoms with Crippen molar-refractivity contribution in [3.05, 3.63) is 34.3 Å². The van der Waals surface area contributed by atoms with Gasteiger partial charge in [-0.05, 0) is 25.0 Å². The highest BCUT2D eigenvalue weighted by atomic mass is 35.5. The summed E-state index contributed by atoms with van der Waals surface area (Å²) in [5.41, 5.74) is 0.274. The molecule has 0 radical (unpaired) electrons. The summed E-state index contributed by atoms with van der Waals surface area (Å²) < 4.78 is 46.7. The maximum absolute atomic E-state index is 14.1. The topological polar surface area (TPSA) is 72.4 Å². The van der Waals surface area contributed by atoms with Crippen LogP contribution in [-0.2, 0) is 16.4 Å². The molecular formula is C14H15ClFN3O3S2. The molecule has 1 aliphatic rings. The molecule has 130 valence electrons. The van der Waals surface area contributed by atoms with Gasteiger partial charge in [0.1, 0.15) is 16.6 Å². The van der Waals surface area contributed by atoms with Crippen molar-refractivity contribution in [1.29, 1.82) is 0 Å². The molecule has 0 spiro atoms. The SMILES string of the molecule is CCc1ncnc(OC2CCN(S(=O)(=O)c3ccc(Cl)s3)C2)c1F. The Bertz CT molecular complexity index is 844. The fourth-order valence-electron chi connectivity index (χ4n) is 2.45. The minimum absolute atomic E-state index is 0.134. The van der Waals surface area contributed by atoms with E-state index in [-0.39, 0.29) is 22.3 Å². The van der Waals surface area contributed by atoms with Crippen LogP contribution in [0.5, 0.6) is 5.88 Å². The van der Waals surface area contributed by atoms with Crippen LogP contribution in [0.2, 0.25) is 4.34 Å². The Labute approximate surface area is 148 Å². The van der Waals surface area contributed by atoms with Crippen molar-refractivity contribution in [3.8, 4) is 5.88 Å². The van der Waals surface area contributed by atoms with Crippen LogP contribution < -0.4 is 4.74 Å². The molecule has 0 N–H and O–H groups in total. The van der Waals surface area contributed by atoms with Crippen molar-refractivity contribution in [1.82, 2.24) is 14.3 Å². The van der Waals surface area contributed by atoms with Gasteiger partial charge in [-0.15, -0.1) is 11.3 Å². The molecule has 0 aromatic carbocycles. The molecule has 0 bridgehead atoms. The first-order valence-electron chi connectivity index (χ1n) is 7.33. The summed E-state index contributed by atoms with van der Waals surface area (Å²) in [6, 6.07) is 3.03. The highest BCUT2D eigenvalue weighted by molar-refractivity contribution is 7.91. The van der Waals surface area contributed by atoms with Gasteiger partial charge in [0.2, 0.25) is 5.82 Å². The molecule has 24 heavy (non-hydrogen) atoms. The fraction of sp³-hybridized carbons (Fsp3) is 0.429. The van der Waals surface area contributed by atoms with Gasteiger partial charge in [-0.3, -0.25) is 0 Å². The Morgan fingerprint density at radius 2 is 2.25 bits per heavy atom. The molecule has 0 amide bonds. The van der Waals surface area contributed by atoms with Gasteiger partial charge in [0.15, 0.2) is 0 Å². The van der Waals surface area contributed by atoms with Crippen molar-refractivity contribution >= 4 is 33.0 Å². The molecular weight excluding hydrogens is 377 g/mol. The second-order valence-corrected chi connectivity index (χ2v) is 9.12. The third kappa shape index (κ3) is 3.39. The minimum Gasteiger partial charge on any atom is -0.471 e. The van der Waals surface area contributed by atoms with E-state index in [2.05, 4.69) is 9.97 Å². The lowest BCUT2D eigenvalue weighted by Gasteiger charge is -2.16. The van der Waals surface area contributed by atoms with Gasteiger partial charge >= 0.3 is 0 Å². The van der Waals surface area contributed by atoms with E-state index in [4.69, 9.17) is 16.3 Å². The van der Waals surface area contributed by atoms with Crippen molar-refractivity contribution in [2.75, 3.05) is 13.1 Å². The normalized spacial score (nSPS) is 18.9. The molecule has 1 atom stereocenters. The van der Waals surface area contributed by atoms with Crippen molar-refractivity contribution in [2.24, 2.45) is 0 Å². The minimum atomic E-state index is -3.61. The molecule has 1 unspecified atom stereocenters. The van der Waals surface area contributed by atoms with Crippen LogP contribution >= 0.6 is 22.9 Å². The largest absolute Gasteiger partial charge is 0.471 e. The maximum Gasteiger partial charge on any atom is 0.254 e. The first kappa shape index (κ1) is 17.5. The molecule has 10 heteroatoms. The summed E-state index contributed by atoms with van der Waals surface area (Å²) in [7, 11) is -3.61. The zero-order chi connectivity index (χ0) is 17.3. The van der Waals surface area contributed by atoms with Crippen molar-refractivity contribution in [2.45, 2.75) is 30.1 Å². The molecule has 2 aromatic heterocycles. The first-order chi connectivity index (χ1) is 11.4. The Morgan fingerprint density at radius 1 is 1.46 bits per heavy atom. The van der Waals surface area contributed by atoms with Crippen LogP contribution in [0.3, 0.4) is 0 Å². The van der Waals surface area contributed by atoms with Gasteiger partial charge in [0.05, 0.1) is 16.6 Å². The van der Waals surface area contributed by atoms with E-state index < -0.39 is 21.9 Å². The average Bonchev–Trinajstić information content (AvgIpc) is 3.19.